The van der Waals surface area contributed by atoms with Crippen molar-refractivity contribution in [2.75, 3.05) is 26.6 Å². The first-order valence-electron chi connectivity index (χ1n) is 10.5. The van der Waals surface area contributed by atoms with Crippen LogP contribution in [0.3, 0.4) is 0 Å². The fourth-order valence-electron chi connectivity index (χ4n) is 3.32. The van der Waals surface area contributed by atoms with Crippen molar-refractivity contribution < 1.29 is 23.5 Å². The average molecular weight is 481 g/mol. The van der Waals surface area contributed by atoms with Crippen molar-refractivity contribution in [2.45, 2.75) is 19.8 Å². The second kappa shape index (κ2) is 10.3. The molecule has 0 spiro atoms. The van der Waals surface area contributed by atoms with Crippen LogP contribution in [0.5, 0.6) is 17.2 Å². The minimum Gasteiger partial charge on any atom is -0.497 e. The van der Waals surface area contributed by atoms with E-state index in [-0.39, 0.29) is 12.3 Å². The first-order valence-corrected chi connectivity index (χ1v) is 11.3. The van der Waals surface area contributed by atoms with Gasteiger partial charge in [0.25, 0.3) is 0 Å². The van der Waals surface area contributed by atoms with Gasteiger partial charge in [0, 0.05) is 28.8 Å². The Morgan fingerprint density at radius 1 is 0.971 bits per heavy atom. The van der Waals surface area contributed by atoms with Crippen molar-refractivity contribution in [3.63, 3.8) is 0 Å². The largest absolute Gasteiger partial charge is 0.497 e. The SMILES string of the molecule is COc1ccc(-c2nc(NC(=O)CCc3nc(-c4ccc(OC)c(OC)c4)no3)sc2C)cc1. The summed E-state index contributed by atoms with van der Waals surface area (Å²) in [6, 6.07) is 13.0. The van der Waals surface area contributed by atoms with E-state index in [2.05, 4.69) is 20.4 Å². The summed E-state index contributed by atoms with van der Waals surface area (Å²) < 4.78 is 21.1. The molecule has 0 unspecified atom stereocenters. The number of aromatic nitrogens is 3. The Hall–Kier alpha value is -3.92. The predicted octanol–water partition coefficient (Wildman–Crippen LogP) is 4.77. The van der Waals surface area contributed by atoms with Gasteiger partial charge in [-0.2, -0.15) is 4.98 Å². The summed E-state index contributed by atoms with van der Waals surface area (Å²) in [7, 11) is 4.76. The number of rotatable bonds is 9. The van der Waals surface area contributed by atoms with Crippen LogP contribution in [0, 0.1) is 6.92 Å². The molecule has 0 radical (unpaired) electrons. The summed E-state index contributed by atoms with van der Waals surface area (Å²) >= 11 is 1.43. The fraction of sp³-hybridized carbons (Fsp3) is 0.250. The molecule has 0 aliphatic carbocycles. The normalized spacial score (nSPS) is 10.7. The number of ether oxygens (including phenoxy) is 3. The lowest BCUT2D eigenvalue weighted by Crippen LogP contribution is -2.12. The van der Waals surface area contributed by atoms with Gasteiger partial charge >= 0.3 is 0 Å². The molecule has 2 aromatic heterocycles. The van der Waals surface area contributed by atoms with Crippen LogP contribution < -0.4 is 19.5 Å². The second-order valence-electron chi connectivity index (χ2n) is 7.28. The number of benzene rings is 2. The van der Waals surface area contributed by atoms with Gasteiger partial charge in [-0.15, -0.1) is 11.3 Å². The van der Waals surface area contributed by atoms with Gasteiger partial charge in [0.2, 0.25) is 17.6 Å². The number of nitrogens with one attached hydrogen (secondary N) is 1. The van der Waals surface area contributed by atoms with Crippen LogP contribution in [0.15, 0.2) is 47.0 Å². The van der Waals surface area contributed by atoms with Gasteiger partial charge < -0.3 is 24.1 Å². The Bertz CT molecular complexity index is 1280. The standard InChI is InChI=1S/C24H24N4O5S/c1-14-22(15-5-8-17(30-2)9-6-15)27-24(34-14)25-20(29)11-12-21-26-23(28-33-21)16-7-10-18(31-3)19(13-16)32-4/h5-10,13H,11-12H2,1-4H3,(H,25,27,29). The molecule has 0 saturated heterocycles. The number of thiazole rings is 1. The van der Waals surface area contributed by atoms with Crippen molar-refractivity contribution in [2.24, 2.45) is 0 Å². The lowest BCUT2D eigenvalue weighted by molar-refractivity contribution is -0.116. The van der Waals surface area contributed by atoms with Crippen LogP contribution in [0.4, 0.5) is 5.13 Å². The monoisotopic (exact) mass is 480 g/mol. The summed E-state index contributed by atoms with van der Waals surface area (Å²) in [6.45, 7) is 1.97. The number of amides is 1. The van der Waals surface area contributed by atoms with Gasteiger partial charge in [-0.05, 0) is 49.4 Å². The molecule has 34 heavy (non-hydrogen) atoms. The van der Waals surface area contributed by atoms with Crippen LogP contribution in [0.2, 0.25) is 0 Å². The van der Waals surface area contributed by atoms with Gasteiger partial charge in [-0.25, -0.2) is 4.98 Å². The van der Waals surface area contributed by atoms with E-state index in [1.54, 1.807) is 33.5 Å². The van der Waals surface area contributed by atoms with Crippen molar-refractivity contribution in [1.29, 1.82) is 0 Å². The molecule has 1 amide bonds. The number of methoxy groups -OCH3 is 3. The van der Waals surface area contributed by atoms with E-state index < -0.39 is 0 Å². The van der Waals surface area contributed by atoms with E-state index in [4.69, 9.17) is 18.7 Å². The molecule has 0 atom stereocenters. The maximum atomic E-state index is 12.5. The lowest BCUT2D eigenvalue weighted by atomic mass is 10.1. The number of carbonyl (C=O) groups is 1. The smallest absolute Gasteiger partial charge is 0.227 e. The van der Waals surface area contributed by atoms with Gasteiger partial charge in [0.1, 0.15) is 5.75 Å². The van der Waals surface area contributed by atoms with Crippen molar-refractivity contribution >= 4 is 22.4 Å². The van der Waals surface area contributed by atoms with Gasteiger partial charge in [0.05, 0.1) is 27.0 Å². The molecule has 4 aromatic rings. The Kier molecular flexibility index (Phi) is 7.07. The van der Waals surface area contributed by atoms with E-state index in [1.165, 1.54) is 11.3 Å². The summed E-state index contributed by atoms with van der Waals surface area (Å²) in [6.07, 6.45) is 0.492. The highest BCUT2D eigenvalue weighted by atomic mass is 32.1. The van der Waals surface area contributed by atoms with Gasteiger partial charge in [-0.3, -0.25) is 4.79 Å². The van der Waals surface area contributed by atoms with Crippen LogP contribution in [0.25, 0.3) is 22.6 Å². The van der Waals surface area contributed by atoms with Crippen LogP contribution in [-0.2, 0) is 11.2 Å². The molecular formula is C24H24N4O5S. The second-order valence-corrected chi connectivity index (χ2v) is 8.49. The molecule has 1 N–H and O–H groups in total. The minimum absolute atomic E-state index is 0.180. The van der Waals surface area contributed by atoms with Crippen LogP contribution >= 0.6 is 11.3 Å². The maximum absolute atomic E-state index is 12.5. The molecular weight excluding hydrogens is 456 g/mol. The molecule has 176 valence electrons. The molecule has 9 nitrogen and oxygen atoms in total. The topological polar surface area (TPSA) is 109 Å². The highest BCUT2D eigenvalue weighted by molar-refractivity contribution is 7.16. The molecule has 2 heterocycles. The highest BCUT2D eigenvalue weighted by Gasteiger charge is 2.15. The molecule has 0 saturated carbocycles. The highest BCUT2D eigenvalue weighted by Crippen LogP contribution is 2.32. The summed E-state index contributed by atoms with van der Waals surface area (Å²) in [5.41, 5.74) is 2.52. The average Bonchev–Trinajstić information content (AvgIpc) is 3.48. The number of aryl methyl sites for hydroxylation is 2. The molecule has 10 heteroatoms. The number of anilines is 1. The number of hydrogen-bond acceptors (Lipinski definition) is 9. The van der Waals surface area contributed by atoms with Gasteiger partial charge in [-0.1, -0.05) is 5.16 Å². The van der Waals surface area contributed by atoms with Crippen molar-refractivity contribution in [1.82, 2.24) is 15.1 Å². The molecule has 0 aliphatic rings. The minimum atomic E-state index is -0.180. The summed E-state index contributed by atoms with van der Waals surface area (Å²) in [4.78, 5) is 22.4. The summed E-state index contributed by atoms with van der Waals surface area (Å²) in [5.74, 6) is 2.56. The van der Waals surface area contributed by atoms with E-state index in [1.807, 2.05) is 37.3 Å². The van der Waals surface area contributed by atoms with E-state index in [9.17, 15) is 4.79 Å². The molecule has 0 fully saturated rings. The zero-order valence-electron chi connectivity index (χ0n) is 19.2. The maximum Gasteiger partial charge on any atom is 0.227 e. The first-order chi connectivity index (χ1) is 16.5. The van der Waals surface area contributed by atoms with Gasteiger partial charge in [0.15, 0.2) is 16.6 Å². The van der Waals surface area contributed by atoms with Crippen LogP contribution in [-0.4, -0.2) is 42.4 Å². The Labute approximate surface area is 200 Å². The number of hydrogen-bond donors (Lipinski definition) is 1. The zero-order chi connectivity index (χ0) is 24.1. The third kappa shape index (κ3) is 5.18. The predicted molar refractivity (Wildman–Crippen MR) is 129 cm³/mol. The number of nitrogens with zero attached hydrogens (tertiary/aromatic N) is 3. The Balaban J connectivity index is 1.36. The molecule has 0 aliphatic heterocycles. The lowest BCUT2D eigenvalue weighted by Gasteiger charge is -2.07. The summed E-state index contributed by atoms with van der Waals surface area (Å²) in [5, 5.41) is 7.41. The van der Waals surface area contributed by atoms with E-state index in [0.29, 0.717) is 34.8 Å². The third-order valence-corrected chi connectivity index (χ3v) is 5.97. The molecule has 0 bridgehead atoms. The van der Waals surface area contributed by atoms with E-state index >= 15 is 0 Å². The Morgan fingerprint density at radius 2 is 1.71 bits per heavy atom. The van der Waals surface area contributed by atoms with Crippen molar-refractivity contribution in [3.8, 4) is 39.9 Å². The zero-order valence-corrected chi connectivity index (χ0v) is 20.1. The first kappa shape index (κ1) is 23.2. The Morgan fingerprint density at radius 3 is 2.41 bits per heavy atom. The fourth-order valence-corrected chi connectivity index (χ4v) is 4.17. The van der Waals surface area contributed by atoms with Crippen LogP contribution in [0.1, 0.15) is 17.2 Å². The molecule has 4 rings (SSSR count). The number of carbonyl (C=O) groups excluding carboxylic acids is 1. The van der Waals surface area contributed by atoms with Crippen molar-refractivity contribution in [3.05, 3.63) is 53.2 Å². The third-order valence-electron chi connectivity index (χ3n) is 5.08. The molecule has 2 aromatic carbocycles. The quantitative estimate of drug-likeness (QED) is 0.365. The van der Waals surface area contributed by atoms with E-state index in [0.717, 1.165) is 27.4 Å².